The summed E-state index contributed by atoms with van der Waals surface area (Å²) in [5, 5.41) is 0. The smallest absolute Gasteiger partial charge is 0.227 e. The van der Waals surface area contributed by atoms with E-state index in [9.17, 15) is 8.78 Å². The third-order valence-electron chi connectivity index (χ3n) is 2.39. The van der Waals surface area contributed by atoms with Crippen LogP contribution in [0.3, 0.4) is 0 Å². The lowest BCUT2D eigenvalue weighted by atomic mass is 10.2. The molecule has 1 aromatic heterocycles. The highest BCUT2D eigenvalue weighted by molar-refractivity contribution is 5.46. The lowest BCUT2D eigenvalue weighted by molar-refractivity contribution is 0.418. The van der Waals surface area contributed by atoms with Gasteiger partial charge in [-0.2, -0.15) is 0 Å². The predicted octanol–water partition coefficient (Wildman–Crippen LogP) is 2.69. The fraction of sp³-hybridized carbons (Fsp3) is 0.167. The highest BCUT2D eigenvalue weighted by atomic mass is 19.1. The number of aromatic nitrogens is 2. The number of hydrogen-bond acceptors (Lipinski definition) is 4. The maximum Gasteiger partial charge on any atom is 0.227 e. The molecule has 0 aliphatic carbocycles. The molecule has 0 aliphatic rings. The van der Waals surface area contributed by atoms with Crippen LogP contribution in [0.4, 0.5) is 14.6 Å². The molecule has 94 valence electrons. The molecule has 1 heterocycles. The van der Waals surface area contributed by atoms with Crippen LogP contribution in [0, 0.1) is 11.6 Å². The Morgan fingerprint density at radius 2 is 2.06 bits per heavy atom. The maximum atomic E-state index is 13.4. The van der Waals surface area contributed by atoms with Gasteiger partial charge in [-0.15, -0.1) is 0 Å². The fourth-order valence-electron chi connectivity index (χ4n) is 1.49. The number of ether oxygens (including phenoxy) is 1. The van der Waals surface area contributed by atoms with Gasteiger partial charge in [0.15, 0.2) is 11.6 Å². The molecule has 0 saturated heterocycles. The Morgan fingerprint density at radius 3 is 2.72 bits per heavy atom. The van der Waals surface area contributed by atoms with Crippen molar-refractivity contribution < 1.29 is 13.5 Å². The van der Waals surface area contributed by atoms with Crippen molar-refractivity contribution in [3.63, 3.8) is 0 Å². The molecule has 0 atom stereocenters. The summed E-state index contributed by atoms with van der Waals surface area (Å²) < 4.78 is 31.5. The summed E-state index contributed by atoms with van der Waals surface area (Å²) in [5.41, 5.74) is 6.25. The molecule has 18 heavy (non-hydrogen) atoms. The molecule has 0 radical (unpaired) electrons. The second kappa shape index (κ2) is 4.95. The highest BCUT2D eigenvalue weighted by Crippen LogP contribution is 2.28. The van der Waals surface area contributed by atoms with E-state index in [4.69, 9.17) is 10.5 Å². The van der Waals surface area contributed by atoms with E-state index in [1.54, 1.807) is 0 Å². The molecular formula is C12H11F2N3O. The van der Waals surface area contributed by atoms with E-state index in [1.165, 1.54) is 12.4 Å². The van der Waals surface area contributed by atoms with Gasteiger partial charge in [-0.25, -0.2) is 18.7 Å². The zero-order valence-electron chi connectivity index (χ0n) is 9.65. The number of nitrogen functional groups attached to an aromatic ring is 1. The molecule has 0 bridgehead atoms. The van der Waals surface area contributed by atoms with Crippen LogP contribution in [-0.4, -0.2) is 9.97 Å². The molecule has 0 amide bonds. The third-order valence-corrected chi connectivity index (χ3v) is 2.39. The zero-order valence-corrected chi connectivity index (χ0v) is 9.65. The molecule has 0 spiro atoms. The van der Waals surface area contributed by atoms with Crippen LogP contribution in [0.25, 0.3) is 0 Å². The van der Waals surface area contributed by atoms with Crippen LogP contribution < -0.4 is 10.5 Å². The van der Waals surface area contributed by atoms with Crippen LogP contribution >= 0.6 is 0 Å². The quantitative estimate of drug-likeness (QED) is 0.911. The summed E-state index contributed by atoms with van der Waals surface area (Å²) in [7, 11) is 0. The van der Waals surface area contributed by atoms with Crippen LogP contribution in [0.1, 0.15) is 12.5 Å². The Kier molecular flexibility index (Phi) is 3.36. The molecule has 0 fully saturated rings. The molecule has 0 saturated carbocycles. The van der Waals surface area contributed by atoms with E-state index in [0.29, 0.717) is 12.0 Å². The fourth-order valence-corrected chi connectivity index (χ4v) is 1.49. The zero-order chi connectivity index (χ0) is 13.1. The van der Waals surface area contributed by atoms with Crippen LogP contribution in [0.2, 0.25) is 0 Å². The molecule has 0 unspecified atom stereocenters. The van der Waals surface area contributed by atoms with Crippen LogP contribution in [0.15, 0.2) is 24.5 Å². The number of anilines is 1. The van der Waals surface area contributed by atoms with Gasteiger partial charge in [-0.3, -0.25) is 0 Å². The molecule has 6 heteroatoms. The second-order valence-electron chi connectivity index (χ2n) is 3.57. The summed E-state index contributed by atoms with van der Waals surface area (Å²) in [6, 6.07) is 3.04. The number of nitrogens with two attached hydrogens (primary N) is 1. The van der Waals surface area contributed by atoms with Gasteiger partial charge in [0.1, 0.15) is 18.0 Å². The summed E-state index contributed by atoms with van der Waals surface area (Å²) in [4.78, 5) is 7.72. The van der Waals surface area contributed by atoms with Gasteiger partial charge >= 0.3 is 0 Å². The van der Waals surface area contributed by atoms with Gasteiger partial charge in [0.05, 0.1) is 5.56 Å². The van der Waals surface area contributed by atoms with Crippen molar-refractivity contribution in [3.8, 4) is 11.6 Å². The highest BCUT2D eigenvalue weighted by Gasteiger charge is 2.12. The second-order valence-corrected chi connectivity index (χ2v) is 3.57. The Morgan fingerprint density at radius 1 is 1.28 bits per heavy atom. The van der Waals surface area contributed by atoms with Gasteiger partial charge in [0.2, 0.25) is 5.88 Å². The van der Waals surface area contributed by atoms with Gasteiger partial charge in [-0.1, -0.05) is 6.92 Å². The standard InChI is InChI=1S/C12H11F2N3O/c1-2-8-11(15)16-6-17-12(8)18-10-4-3-7(13)5-9(10)14/h3-6H,2H2,1H3,(H2,15,16,17). The van der Waals surface area contributed by atoms with E-state index in [2.05, 4.69) is 9.97 Å². The number of halogens is 2. The summed E-state index contributed by atoms with van der Waals surface area (Å²) in [6.45, 7) is 1.85. The van der Waals surface area contributed by atoms with E-state index < -0.39 is 11.6 Å². The molecule has 4 nitrogen and oxygen atoms in total. The van der Waals surface area contributed by atoms with Gasteiger partial charge in [-0.05, 0) is 18.6 Å². The average molecular weight is 251 g/mol. The minimum Gasteiger partial charge on any atom is -0.435 e. The predicted molar refractivity (Wildman–Crippen MR) is 62.3 cm³/mol. The number of benzene rings is 1. The number of hydrogen-bond donors (Lipinski definition) is 1. The normalized spacial score (nSPS) is 10.4. The first kappa shape index (κ1) is 12.2. The first-order valence-corrected chi connectivity index (χ1v) is 5.34. The Labute approximate surface area is 102 Å². The van der Waals surface area contributed by atoms with E-state index >= 15 is 0 Å². The van der Waals surface area contributed by atoms with Crippen LogP contribution in [0.5, 0.6) is 11.6 Å². The van der Waals surface area contributed by atoms with Crippen LogP contribution in [-0.2, 0) is 6.42 Å². The summed E-state index contributed by atoms with van der Waals surface area (Å²) >= 11 is 0. The minimum atomic E-state index is -0.797. The number of rotatable bonds is 3. The molecule has 0 aliphatic heterocycles. The summed E-state index contributed by atoms with van der Waals surface area (Å²) in [6.07, 6.45) is 1.77. The minimum absolute atomic E-state index is 0.107. The lowest BCUT2D eigenvalue weighted by Crippen LogP contribution is -2.02. The van der Waals surface area contributed by atoms with Gasteiger partial charge in [0.25, 0.3) is 0 Å². The van der Waals surface area contributed by atoms with Gasteiger partial charge in [0, 0.05) is 6.07 Å². The van der Waals surface area contributed by atoms with Crippen molar-refractivity contribution in [3.05, 3.63) is 41.7 Å². The molecule has 2 aromatic rings. The molecular weight excluding hydrogens is 240 g/mol. The lowest BCUT2D eigenvalue weighted by Gasteiger charge is -2.10. The van der Waals surface area contributed by atoms with Crippen molar-refractivity contribution in [2.24, 2.45) is 0 Å². The monoisotopic (exact) mass is 251 g/mol. The first-order valence-electron chi connectivity index (χ1n) is 5.34. The Hall–Kier alpha value is -2.24. The van der Waals surface area contributed by atoms with E-state index in [-0.39, 0.29) is 17.4 Å². The topological polar surface area (TPSA) is 61.0 Å². The average Bonchev–Trinajstić information content (AvgIpc) is 2.33. The third kappa shape index (κ3) is 2.37. The van der Waals surface area contributed by atoms with E-state index in [0.717, 1.165) is 12.1 Å². The summed E-state index contributed by atoms with van der Waals surface area (Å²) in [5.74, 6) is -1.11. The molecule has 1 aromatic carbocycles. The first-order chi connectivity index (χ1) is 8.61. The van der Waals surface area contributed by atoms with Gasteiger partial charge < -0.3 is 10.5 Å². The molecule has 2 rings (SSSR count). The maximum absolute atomic E-state index is 13.4. The van der Waals surface area contributed by atoms with Crippen molar-refractivity contribution in [1.29, 1.82) is 0 Å². The van der Waals surface area contributed by atoms with E-state index in [1.807, 2.05) is 6.92 Å². The Bertz CT molecular complexity index is 575. The largest absolute Gasteiger partial charge is 0.435 e. The van der Waals surface area contributed by atoms with Crippen molar-refractivity contribution >= 4 is 5.82 Å². The molecule has 2 N–H and O–H groups in total. The van der Waals surface area contributed by atoms with Crippen molar-refractivity contribution in [1.82, 2.24) is 9.97 Å². The Balaban J connectivity index is 2.37. The van der Waals surface area contributed by atoms with Crippen molar-refractivity contribution in [2.45, 2.75) is 13.3 Å². The SMILES string of the molecule is CCc1c(N)ncnc1Oc1ccc(F)cc1F. The number of nitrogens with zero attached hydrogens (tertiary/aromatic N) is 2. The van der Waals surface area contributed by atoms with Crippen molar-refractivity contribution in [2.75, 3.05) is 5.73 Å².